The van der Waals surface area contributed by atoms with Gasteiger partial charge in [0.1, 0.15) is 24.2 Å². The van der Waals surface area contributed by atoms with Crippen LogP contribution >= 0.6 is 11.3 Å². The van der Waals surface area contributed by atoms with Crippen molar-refractivity contribution < 1.29 is 19.3 Å². The van der Waals surface area contributed by atoms with E-state index in [-0.39, 0.29) is 6.61 Å². The van der Waals surface area contributed by atoms with E-state index in [4.69, 9.17) is 14.2 Å². The van der Waals surface area contributed by atoms with Gasteiger partial charge in [0.15, 0.2) is 0 Å². The molecule has 1 aromatic heterocycles. The first-order valence-electron chi connectivity index (χ1n) is 7.90. The van der Waals surface area contributed by atoms with Gasteiger partial charge in [-0.25, -0.2) is 0 Å². The Labute approximate surface area is 147 Å². The summed E-state index contributed by atoms with van der Waals surface area (Å²) in [6, 6.07) is 11.5. The molecule has 1 N–H and O–H groups in total. The number of benzene rings is 1. The molecule has 1 heterocycles. The molecule has 2 aromatic rings. The highest BCUT2D eigenvalue weighted by molar-refractivity contribution is 7.09. The van der Waals surface area contributed by atoms with Crippen LogP contribution in [-0.4, -0.2) is 56.6 Å². The molecule has 0 saturated carbocycles. The molecule has 0 spiro atoms. The predicted molar refractivity (Wildman–Crippen MR) is 96.0 cm³/mol. The van der Waals surface area contributed by atoms with Gasteiger partial charge in [0.2, 0.25) is 0 Å². The number of aliphatic hydroxyl groups is 1. The Hall–Kier alpha value is -1.60. The van der Waals surface area contributed by atoms with Crippen LogP contribution in [0.15, 0.2) is 41.8 Å². The van der Waals surface area contributed by atoms with Crippen LogP contribution in [-0.2, 0) is 11.3 Å². The second kappa shape index (κ2) is 10.3. The van der Waals surface area contributed by atoms with Crippen molar-refractivity contribution in [3.63, 3.8) is 0 Å². The molecule has 0 aliphatic heterocycles. The van der Waals surface area contributed by atoms with Crippen molar-refractivity contribution in [1.29, 1.82) is 0 Å². The third kappa shape index (κ3) is 6.49. The van der Waals surface area contributed by atoms with Gasteiger partial charge in [-0.2, -0.15) is 0 Å². The van der Waals surface area contributed by atoms with Gasteiger partial charge in [-0.1, -0.05) is 6.07 Å². The maximum atomic E-state index is 10.3. The van der Waals surface area contributed by atoms with Crippen LogP contribution in [0.25, 0.3) is 0 Å². The SMILES string of the molecule is COCCN(Cc1cccs1)CC(O)COc1ccc(OC)cc1. The highest BCUT2D eigenvalue weighted by atomic mass is 32.1. The lowest BCUT2D eigenvalue weighted by Crippen LogP contribution is -2.37. The van der Waals surface area contributed by atoms with Crippen LogP contribution in [0.3, 0.4) is 0 Å². The highest BCUT2D eigenvalue weighted by Crippen LogP contribution is 2.17. The van der Waals surface area contributed by atoms with Crippen LogP contribution in [0.2, 0.25) is 0 Å². The first-order valence-corrected chi connectivity index (χ1v) is 8.78. The van der Waals surface area contributed by atoms with Crippen molar-refractivity contribution in [2.75, 3.05) is 40.5 Å². The molecule has 0 fully saturated rings. The van der Waals surface area contributed by atoms with Crippen LogP contribution in [0.5, 0.6) is 11.5 Å². The Morgan fingerprint density at radius 1 is 1.12 bits per heavy atom. The second-order valence-corrected chi connectivity index (χ2v) is 6.48. The topological polar surface area (TPSA) is 51.2 Å². The summed E-state index contributed by atoms with van der Waals surface area (Å²) in [6.45, 7) is 3.00. The van der Waals surface area contributed by atoms with E-state index in [1.807, 2.05) is 30.3 Å². The molecule has 0 amide bonds. The molecule has 0 bridgehead atoms. The molecule has 1 atom stereocenters. The van der Waals surface area contributed by atoms with Gasteiger partial charge in [0.25, 0.3) is 0 Å². The third-order valence-corrected chi connectivity index (χ3v) is 4.40. The molecule has 0 aliphatic carbocycles. The first-order chi connectivity index (χ1) is 11.7. The fraction of sp³-hybridized carbons (Fsp3) is 0.444. The molecule has 6 heteroatoms. The quantitative estimate of drug-likeness (QED) is 0.674. The normalized spacial score (nSPS) is 12.3. The fourth-order valence-electron chi connectivity index (χ4n) is 2.29. The highest BCUT2D eigenvalue weighted by Gasteiger charge is 2.13. The summed E-state index contributed by atoms with van der Waals surface area (Å²) in [5.74, 6) is 1.50. The third-order valence-electron chi connectivity index (χ3n) is 3.54. The Morgan fingerprint density at radius 2 is 1.88 bits per heavy atom. The number of rotatable bonds is 11. The number of methoxy groups -OCH3 is 2. The number of aliphatic hydroxyl groups excluding tert-OH is 1. The van der Waals surface area contributed by atoms with Gasteiger partial charge >= 0.3 is 0 Å². The van der Waals surface area contributed by atoms with Gasteiger partial charge in [-0.05, 0) is 35.7 Å². The minimum Gasteiger partial charge on any atom is -0.497 e. The monoisotopic (exact) mass is 351 g/mol. The number of nitrogens with zero attached hydrogens (tertiary/aromatic N) is 1. The number of thiophene rings is 1. The number of ether oxygens (including phenoxy) is 3. The van der Waals surface area contributed by atoms with Crippen molar-refractivity contribution in [3.05, 3.63) is 46.7 Å². The number of hydrogen-bond donors (Lipinski definition) is 1. The molecule has 0 radical (unpaired) electrons. The maximum Gasteiger partial charge on any atom is 0.119 e. The lowest BCUT2D eigenvalue weighted by molar-refractivity contribution is 0.0546. The van der Waals surface area contributed by atoms with Gasteiger partial charge in [0.05, 0.1) is 13.7 Å². The van der Waals surface area contributed by atoms with Crippen molar-refractivity contribution in [2.45, 2.75) is 12.6 Å². The van der Waals surface area contributed by atoms with Crippen LogP contribution in [0.1, 0.15) is 4.88 Å². The predicted octanol–water partition coefficient (Wildman–Crippen LogP) is 2.65. The lowest BCUT2D eigenvalue weighted by Gasteiger charge is -2.24. The molecule has 5 nitrogen and oxygen atoms in total. The summed E-state index contributed by atoms with van der Waals surface area (Å²) in [5.41, 5.74) is 0. The Balaban J connectivity index is 1.80. The molecule has 24 heavy (non-hydrogen) atoms. The van der Waals surface area contributed by atoms with E-state index in [0.29, 0.717) is 13.2 Å². The van der Waals surface area contributed by atoms with E-state index < -0.39 is 6.10 Å². The molecule has 0 aliphatic rings. The standard InChI is InChI=1S/C18H25NO4S/c1-21-10-9-19(13-18-4-3-11-24-18)12-15(20)14-23-17-7-5-16(22-2)6-8-17/h3-8,11,15,20H,9-10,12-14H2,1-2H3. The van der Waals surface area contributed by atoms with E-state index in [1.165, 1.54) is 4.88 Å². The van der Waals surface area contributed by atoms with Gasteiger partial charge in [0, 0.05) is 31.6 Å². The number of hydrogen-bond acceptors (Lipinski definition) is 6. The summed E-state index contributed by atoms with van der Waals surface area (Å²) >= 11 is 1.72. The summed E-state index contributed by atoms with van der Waals surface area (Å²) in [4.78, 5) is 3.45. The van der Waals surface area contributed by atoms with E-state index >= 15 is 0 Å². The summed E-state index contributed by atoms with van der Waals surface area (Å²) in [6.07, 6.45) is -0.566. The Kier molecular flexibility index (Phi) is 8.04. The van der Waals surface area contributed by atoms with Crippen molar-refractivity contribution in [2.24, 2.45) is 0 Å². The zero-order chi connectivity index (χ0) is 17.2. The minimum absolute atomic E-state index is 0.250. The first kappa shape index (κ1) is 18.7. The smallest absolute Gasteiger partial charge is 0.119 e. The molecular formula is C18H25NO4S. The average Bonchev–Trinajstić information content (AvgIpc) is 3.11. The maximum absolute atomic E-state index is 10.3. The zero-order valence-corrected chi connectivity index (χ0v) is 15.0. The Bertz CT molecular complexity index is 559. The van der Waals surface area contributed by atoms with Crippen molar-refractivity contribution in [3.8, 4) is 11.5 Å². The molecule has 1 unspecified atom stereocenters. The van der Waals surface area contributed by atoms with E-state index in [1.54, 1.807) is 25.6 Å². The summed E-state index contributed by atoms with van der Waals surface area (Å²) in [7, 11) is 3.31. The Morgan fingerprint density at radius 3 is 2.50 bits per heavy atom. The van der Waals surface area contributed by atoms with Crippen LogP contribution in [0, 0.1) is 0 Å². The largest absolute Gasteiger partial charge is 0.497 e. The van der Waals surface area contributed by atoms with Crippen molar-refractivity contribution >= 4 is 11.3 Å². The van der Waals surface area contributed by atoms with Crippen LogP contribution < -0.4 is 9.47 Å². The van der Waals surface area contributed by atoms with Gasteiger partial charge < -0.3 is 19.3 Å². The molecular weight excluding hydrogens is 326 g/mol. The van der Waals surface area contributed by atoms with Gasteiger partial charge in [-0.15, -0.1) is 11.3 Å². The molecule has 2 rings (SSSR count). The van der Waals surface area contributed by atoms with E-state index in [9.17, 15) is 5.11 Å². The summed E-state index contributed by atoms with van der Waals surface area (Å²) < 4.78 is 15.9. The summed E-state index contributed by atoms with van der Waals surface area (Å²) in [5, 5.41) is 12.3. The minimum atomic E-state index is -0.566. The van der Waals surface area contributed by atoms with E-state index in [2.05, 4.69) is 16.3 Å². The fourth-order valence-corrected chi connectivity index (χ4v) is 3.04. The molecule has 0 saturated heterocycles. The molecule has 132 valence electrons. The molecule has 1 aromatic carbocycles. The average molecular weight is 351 g/mol. The zero-order valence-electron chi connectivity index (χ0n) is 14.2. The van der Waals surface area contributed by atoms with Crippen LogP contribution in [0.4, 0.5) is 0 Å². The second-order valence-electron chi connectivity index (χ2n) is 5.45. The van der Waals surface area contributed by atoms with E-state index in [0.717, 1.165) is 24.6 Å². The van der Waals surface area contributed by atoms with Gasteiger partial charge in [-0.3, -0.25) is 4.90 Å². The van der Waals surface area contributed by atoms with Crippen molar-refractivity contribution in [1.82, 2.24) is 4.90 Å². The lowest BCUT2D eigenvalue weighted by atomic mass is 10.3.